The first-order chi connectivity index (χ1) is 15.4. The van der Waals surface area contributed by atoms with Gasteiger partial charge in [-0.05, 0) is 80.9 Å². The number of carbonyl (C=O) groups excluding carboxylic acids is 1. The number of likely N-dealkylation sites (tertiary alicyclic amines) is 1. The molecule has 8 heteroatoms. The van der Waals surface area contributed by atoms with Gasteiger partial charge in [0.15, 0.2) is 0 Å². The normalized spacial score (nSPS) is 32.0. The van der Waals surface area contributed by atoms with E-state index in [1.165, 1.54) is 31.4 Å². The summed E-state index contributed by atoms with van der Waals surface area (Å²) < 4.78 is 47.4. The van der Waals surface area contributed by atoms with Gasteiger partial charge in [-0.25, -0.2) is 4.79 Å². The second kappa shape index (κ2) is 8.84. The standard InChI is InChI=1S/C25H32F3NO4/c1-15-8-16-10-17(9-15)13-24(2,12-16)14-33-21-6-5-18(11-19(21)25(26,27)28)22(30)29-7-3-4-20(29)23(31)32/h5-6,11,15-17,20H,3-4,7-10,12-14H2,1-2H3,(H,31,32). The van der Waals surface area contributed by atoms with Gasteiger partial charge in [-0.3, -0.25) is 4.79 Å². The first-order valence-corrected chi connectivity index (χ1v) is 11.8. The Morgan fingerprint density at radius 3 is 2.45 bits per heavy atom. The quantitative estimate of drug-likeness (QED) is 0.610. The van der Waals surface area contributed by atoms with Crippen LogP contribution in [0.5, 0.6) is 5.75 Å². The lowest BCUT2D eigenvalue weighted by Gasteiger charge is -2.47. The number of rotatable bonds is 5. The Balaban J connectivity index is 1.52. The molecule has 1 aromatic carbocycles. The number of nitrogens with zero attached hydrogens (tertiary/aromatic N) is 1. The van der Waals surface area contributed by atoms with Crippen LogP contribution in [-0.4, -0.2) is 41.1 Å². The summed E-state index contributed by atoms with van der Waals surface area (Å²) in [6, 6.07) is 2.31. The number of carbonyl (C=O) groups is 2. The van der Waals surface area contributed by atoms with E-state index in [0.717, 1.165) is 23.8 Å². The van der Waals surface area contributed by atoms with Crippen molar-refractivity contribution < 1.29 is 32.6 Å². The van der Waals surface area contributed by atoms with Crippen molar-refractivity contribution in [3.8, 4) is 5.75 Å². The number of halogens is 3. The van der Waals surface area contributed by atoms with Crippen LogP contribution in [0.1, 0.15) is 74.7 Å². The van der Waals surface area contributed by atoms with Crippen LogP contribution in [0.3, 0.4) is 0 Å². The van der Waals surface area contributed by atoms with Crippen molar-refractivity contribution in [1.29, 1.82) is 0 Å². The zero-order chi connectivity index (χ0) is 24.0. The molecule has 3 aliphatic rings. The van der Waals surface area contributed by atoms with E-state index in [-0.39, 0.29) is 29.9 Å². The van der Waals surface area contributed by atoms with E-state index in [2.05, 4.69) is 13.8 Å². The number of fused-ring (bicyclic) bond motifs is 2. The molecule has 3 fully saturated rings. The molecule has 1 saturated heterocycles. The molecule has 2 bridgehead atoms. The summed E-state index contributed by atoms with van der Waals surface area (Å²) in [6.45, 7) is 4.80. The molecular weight excluding hydrogens is 435 g/mol. The molecule has 1 aromatic rings. The Bertz CT molecular complexity index is 897. The lowest BCUT2D eigenvalue weighted by atomic mass is 9.60. The van der Waals surface area contributed by atoms with Crippen molar-refractivity contribution in [1.82, 2.24) is 4.90 Å². The van der Waals surface area contributed by atoms with Crippen LogP contribution in [0.25, 0.3) is 0 Å². The fourth-order valence-corrected chi connectivity index (χ4v) is 6.52. The number of ether oxygens (including phenoxy) is 1. The van der Waals surface area contributed by atoms with Gasteiger partial charge in [0.2, 0.25) is 0 Å². The monoisotopic (exact) mass is 467 g/mol. The van der Waals surface area contributed by atoms with Crippen molar-refractivity contribution in [2.75, 3.05) is 13.2 Å². The molecule has 33 heavy (non-hydrogen) atoms. The van der Waals surface area contributed by atoms with Gasteiger partial charge in [0, 0.05) is 17.5 Å². The van der Waals surface area contributed by atoms with Crippen molar-refractivity contribution in [3.63, 3.8) is 0 Å². The molecule has 0 aromatic heterocycles. The summed E-state index contributed by atoms with van der Waals surface area (Å²) >= 11 is 0. The maximum absolute atomic E-state index is 13.9. The van der Waals surface area contributed by atoms with Gasteiger partial charge in [-0.1, -0.05) is 13.8 Å². The van der Waals surface area contributed by atoms with E-state index in [0.29, 0.717) is 30.6 Å². The van der Waals surface area contributed by atoms with Crippen molar-refractivity contribution in [2.45, 2.75) is 71.0 Å². The largest absolute Gasteiger partial charge is 0.492 e. The minimum Gasteiger partial charge on any atom is -0.492 e. The maximum Gasteiger partial charge on any atom is 0.419 e. The summed E-state index contributed by atoms with van der Waals surface area (Å²) in [6.07, 6.45) is 1.58. The summed E-state index contributed by atoms with van der Waals surface area (Å²) in [4.78, 5) is 25.3. The lowest BCUT2D eigenvalue weighted by molar-refractivity contribution is -0.141. The minimum atomic E-state index is -4.69. The third-order valence-electron chi connectivity index (χ3n) is 7.61. The van der Waals surface area contributed by atoms with E-state index in [1.54, 1.807) is 0 Å². The average Bonchev–Trinajstić information content (AvgIpc) is 3.20. The Morgan fingerprint density at radius 1 is 1.18 bits per heavy atom. The third-order valence-corrected chi connectivity index (χ3v) is 7.61. The first-order valence-electron chi connectivity index (χ1n) is 11.8. The van der Waals surface area contributed by atoms with E-state index >= 15 is 0 Å². The summed E-state index contributed by atoms with van der Waals surface area (Å²) in [5, 5.41) is 9.31. The molecule has 5 nitrogen and oxygen atoms in total. The topological polar surface area (TPSA) is 66.8 Å². The Morgan fingerprint density at radius 2 is 1.85 bits per heavy atom. The van der Waals surface area contributed by atoms with Gasteiger partial charge < -0.3 is 14.7 Å². The number of hydrogen-bond donors (Lipinski definition) is 1. The van der Waals surface area contributed by atoms with Crippen molar-refractivity contribution >= 4 is 11.9 Å². The van der Waals surface area contributed by atoms with Crippen LogP contribution < -0.4 is 4.74 Å². The van der Waals surface area contributed by atoms with Gasteiger partial charge in [0.05, 0.1) is 12.2 Å². The fraction of sp³-hybridized carbons (Fsp3) is 0.680. The predicted molar refractivity (Wildman–Crippen MR) is 116 cm³/mol. The highest BCUT2D eigenvalue weighted by atomic mass is 19.4. The van der Waals surface area contributed by atoms with Crippen LogP contribution in [0.15, 0.2) is 18.2 Å². The molecule has 3 unspecified atom stereocenters. The molecule has 1 N–H and O–H groups in total. The molecule has 0 radical (unpaired) electrons. The van der Waals surface area contributed by atoms with Gasteiger partial charge in [0.1, 0.15) is 11.8 Å². The number of carboxylic acids is 1. The zero-order valence-corrected chi connectivity index (χ0v) is 19.2. The van der Waals surface area contributed by atoms with Crippen LogP contribution in [0.4, 0.5) is 13.2 Å². The molecule has 182 valence electrons. The van der Waals surface area contributed by atoms with Gasteiger partial charge in [-0.2, -0.15) is 13.2 Å². The molecule has 1 heterocycles. The highest BCUT2D eigenvalue weighted by Crippen LogP contribution is 2.50. The van der Waals surface area contributed by atoms with Crippen LogP contribution >= 0.6 is 0 Å². The molecule has 2 aliphatic carbocycles. The van der Waals surface area contributed by atoms with Gasteiger partial charge >= 0.3 is 12.1 Å². The second-order valence-electron chi connectivity index (χ2n) is 10.8. The number of aliphatic carboxylic acids is 1. The van der Waals surface area contributed by atoms with E-state index < -0.39 is 29.7 Å². The molecule has 1 amide bonds. The van der Waals surface area contributed by atoms with Crippen molar-refractivity contribution in [2.24, 2.45) is 23.2 Å². The smallest absolute Gasteiger partial charge is 0.419 e. The molecule has 0 spiro atoms. The highest BCUT2D eigenvalue weighted by molar-refractivity contribution is 5.97. The number of alkyl halides is 3. The average molecular weight is 468 g/mol. The molecular formula is C25H32F3NO4. The highest BCUT2D eigenvalue weighted by Gasteiger charge is 2.42. The lowest BCUT2D eigenvalue weighted by Crippen LogP contribution is -2.40. The number of benzene rings is 1. The fourth-order valence-electron chi connectivity index (χ4n) is 6.52. The van der Waals surface area contributed by atoms with Crippen LogP contribution in [0.2, 0.25) is 0 Å². The van der Waals surface area contributed by atoms with Gasteiger partial charge in [-0.15, -0.1) is 0 Å². The molecule has 1 aliphatic heterocycles. The zero-order valence-electron chi connectivity index (χ0n) is 19.2. The van der Waals surface area contributed by atoms with Crippen LogP contribution in [0, 0.1) is 23.2 Å². The Labute approximate surface area is 192 Å². The van der Waals surface area contributed by atoms with E-state index in [1.807, 2.05) is 0 Å². The second-order valence-corrected chi connectivity index (χ2v) is 10.8. The molecule has 3 atom stereocenters. The summed E-state index contributed by atoms with van der Waals surface area (Å²) in [5.41, 5.74) is -1.34. The van der Waals surface area contributed by atoms with E-state index in [9.17, 15) is 27.9 Å². The Kier molecular flexibility index (Phi) is 6.40. The van der Waals surface area contributed by atoms with Crippen LogP contribution in [-0.2, 0) is 11.0 Å². The maximum atomic E-state index is 13.9. The first kappa shape index (κ1) is 23.9. The van der Waals surface area contributed by atoms with E-state index in [4.69, 9.17) is 4.74 Å². The van der Waals surface area contributed by atoms with Gasteiger partial charge in [0.25, 0.3) is 5.91 Å². The summed E-state index contributed by atoms with van der Waals surface area (Å²) in [5.74, 6) is -0.204. The number of carboxylic acid groups (broad SMARTS) is 1. The number of hydrogen-bond acceptors (Lipinski definition) is 3. The van der Waals surface area contributed by atoms with Crippen molar-refractivity contribution in [3.05, 3.63) is 29.3 Å². The SMILES string of the molecule is CC1CC2CC(C1)CC(C)(COc1ccc(C(=O)N3CCCC3C(=O)O)cc1C(F)(F)F)C2. The minimum absolute atomic E-state index is 0.171. The molecule has 4 rings (SSSR count). The Hall–Kier alpha value is -2.25. The number of amides is 1. The predicted octanol–water partition coefficient (Wildman–Crippen LogP) is 5.63. The summed E-state index contributed by atoms with van der Waals surface area (Å²) in [7, 11) is 0. The third kappa shape index (κ3) is 5.14. The molecule has 2 saturated carbocycles.